The van der Waals surface area contributed by atoms with Crippen molar-refractivity contribution in [2.45, 2.75) is 26.5 Å². The van der Waals surface area contributed by atoms with E-state index < -0.39 is 6.10 Å². The minimum atomic E-state index is -0.631. The maximum Gasteiger partial charge on any atom is 0.124 e. The van der Waals surface area contributed by atoms with Crippen LogP contribution in [-0.2, 0) is 11.3 Å². The van der Waals surface area contributed by atoms with Gasteiger partial charge in [-0.1, -0.05) is 13.8 Å². The van der Waals surface area contributed by atoms with Crippen molar-refractivity contribution < 1.29 is 19.3 Å². The fourth-order valence-electron chi connectivity index (χ4n) is 1.88. The van der Waals surface area contributed by atoms with Crippen LogP contribution in [0.2, 0.25) is 0 Å². The molecule has 0 aliphatic heterocycles. The largest absolute Gasteiger partial charge is 0.497 e. The zero-order chi connectivity index (χ0) is 15.7. The molecule has 0 aromatic heterocycles. The number of aliphatic hydroxyl groups excluding tert-OH is 1. The van der Waals surface area contributed by atoms with E-state index in [4.69, 9.17) is 14.2 Å². The third-order valence-electron chi connectivity index (χ3n) is 2.93. The number of nitrogens with one attached hydrogen (secondary N) is 1. The third kappa shape index (κ3) is 6.80. The van der Waals surface area contributed by atoms with Crippen molar-refractivity contribution in [1.29, 1.82) is 0 Å². The average molecular weight is 297 g/mol. The topological polar surface area (TPSA) is 60.0 Å². The smallest absolute Gasteiger partial charge is 0.124 e. The molecule has 0 bridgehead atoms. The van der Waals surface area contributed by atoms with E-state index in [1.165, 1.54) is 0 Å². The minimum Gasteiger partial charge on any atom is -0.497 e. The van der Waals surface area contributed by atoms with Gasteiger partial charge >= 0.3 is 0 Å². The molecule has 0 saturated carbocycles. The first kappa shape index (κ1) is 17.8. The summed E-state index contributed by atoms with van der Waals surface area (Å²) in [5.74, 6) is 2.13. The van der Waals surface area contributed by atoms with Crippen LogP contribution < -0.4 is 14.8 Å². The molecule has 0 fully saturated rings. The van der Waals surface area contributed by atoms with Gasteiger partial charge in [-0.15, -0.1) is 0 Å². The van der Waals surface area contributed by atoms with Gasteiger partial charge in [-0.25, -0.2) is 0 Å². The number of hydrogen-bond donors (Lipinski definition) is 2. The lowest BCUT2D eigenvalue weighted by Crippen LogP contribution is -2.24. The van der Waals surface area contributed by atoms with Crippen molar-refractivity contribution in [3.8, 4) is 11.5 Å². The van der Waals surface area contributed by atoms with E-state index >= 15 is 0 Å². The molecular formula is C16H27NO4. The summed E-state index contributed by atoms with van der Waals surface area (Å²) in [6.45, 7) is 6.43. The Labute approximate surface area is 127 Å². The van der Waals surface area contributed by atoms with Crippen LogP contribution in [0.3, 0.4) is 0 Å². The Hall–Kier alpha value is -1.30. The van der Waals surface area contributed by atoms with Crippen molar-refractivity contribution in [2.75, 3.05) is 34.0 Å². The molecule has 120 valence electrons. The van der Waals surface area contributed by atoms with Gasteiger partial charge in [0.2, 0.25) is 0 Å². The molecule has 0 radical (unpaired) electrons. The molecule has 1 unspecified atom stereocenters. The molecule has 0 saturated heterocycles. The molecule has 0 spiro atoms. The van der Waals surface area contributed by atoms with Crippen molar-refractivity contribution in [2.24, 2.45) is 5.92 Å². The van der Waals surface area contributed by atoms with E-state index in [0.29, 0.717) is 12.5 Å². The number of hydrogen-bond acceptors (Lipinski definition) is 5. The Bertz CT molecular complexity index is 409. The van der Waals surface area contributed by atoms with Crippen LogP contribution in [0, 0.1) is 5.92 Å². The summed E-state index contributed by atoms with van der Waals surface area (Å²) < 4.78 is 15.8. The van der Waals surface area contributed by atoms with Crippen LogP contribution in [0.25, 0.3) is 0 Å². The number of benzene rings is 1. The summed E-state index contributed by atoms with van der Waals surface area (Å²) in [5, 5.41) is 13.0. The predicted molar refractivity (Wildman–Crippen MR) is 82.9 cm³/mol. The van der Waals surface area contributed by atoms with E-state index in [1.807, 2.05) is 18.2 Å². The zero-order valence-electron chi connectivity index (χ0n) is 13.4. The highest BCUT2D eigenvalue weighted by atomic mass is 16.5. The third-order valence-corrected chi connectivity index (χ3v) is 2.93. The van der Waals surface area contributed by atoms with Gasteiger partial charge in [-0.3, -0.25) is 0 Å². The van der Waals surface area contributed by atoms with Gasteiger partial charge in [0.1, 0.15) is 24.2 Å². The second-order valence-corrected chi connectivity index (χ2v) is 5.42. The Kier molecular flexibility index (Phi) is 8.12. The lowest BCUT2D eigenvalue weighted by atomic mass is 10.1. The molecule has 0 aliphatic carbocycles. The molecule has 1 aromatic carbocycles. The first-order valence-electron chi connectivity index (χ1n) is 7.24. The van der Waals surface area contributed by atoms with Crippen LogP contribution in [0.4, 0.5) is 0 Å². The monoisotopic (exact) mass is 297 g/mol. The van der Waals surface area contributed by atoms with Crippen LogP contribution in [0.5, 0.6) is 11.5 Å². The van der Waals surface area contributed by atoms with Gasteiger partial charge in [0.05, 0.1) is 13.7 Å². The Morgan fingerprint density at radius 3 is 2.57 bits per heavy atom. The van der Waals surface area contributed by atoms with Gasteiger partial charge in [-0.2, -0.15) is 0 Å². The van der Waals surface area contributed by atoms with E-state index in [-0.39, 0.29) is 13.2 Å². The molecule has 5 heteroatoms. The Morgan fingerprint density at radius 2 is 1.95 bits per heavy atom. The maximum atomic E-state index is 9.66. The maximum absolute atomic E-state index is 9.66. The standard InChI is InChI=1S/C16H27NO4/c1-12(2)8-17-9-13-7-15(20-4)5-6-16(13)21-11-14(18)10-19-3/h5-7,12,14,17-18H,8-11H2,1-4H3. The quantitative estimate of drug-likeness (QED) is 0.690. The highest BCUT2D eigenvalue weighted by molar-refractivity contribution is 5.40. The van der Waals surface area contributed by atoms with E-state index in [2.05, 4.69) is 19.2 Å². The SMILES string of the molecule is COCC(O)COc1ccc(OC)cc1CNCC(C)C. The lowest BCUT2D eigenvalue weighted by molar-refractivity contribution is 0.0323. The Balaban J connectivity index is 2.67. The molecule has 1 aromatic rings. The first-order chi connectivity index (χ1) is 10.1. The second kappa shape index (κ2) is 9.60. The van der Waals surface area contributed by atoms with Gasteiger partial charge < -0.3 is 24.6 Å². The number of methoxy groups -OCH3 is 2. The summed E-state index contributed by atoms with van der Waals surface area (Å²) in [7, 11) is 3.20. The van der Waals surface area contributed by atoms with Crippen molar-refractivity contribution in [3.05, 3.63) is 23.8 Å². The van der Waals surface area contributed by atoms with Crippen LogP contribution in [0.15, 0.2) is 18.2 Å². The molecule has 0 heterocycles. The second-order valence-electron chi connectivity index (χ2n) is 5.42. The minimum absolute atomic E-state index is 0.206. The van der Waals surface area contributed by atoms with Crippen LogP contribution in [-0.4, -0.2) is 45.2 Å². The number of ether oxygens (including phenoxy) is 3. The van der Waals surface area contributed by atoms with E-state index in [0.717, 1.165) is 23.6 Å². The highest BCUT2D eigenvalue weighted by Gasteiger charge is 2.09. The summed E-state index contributed by atoms with van der Waals surface area (Å²) in [6, 6.07) is 5.67. The summed E-state index contributed by atoms with van der Waals surface area (Å²) in [4.78, 5) is 0. The van der Waals surface area contributed by atoms with E-state index in [1.54, 1.807) is 14.2 Å². The predicted octanol–water partition coefficient (Wildman–Crippen LogP) is 1.83. The van der Waals surface area contributed by atoms with E-state index in [9.17, 15) is 5.11 Å². The summed E-state index contributed by atoms with van der Waals surface area (Å²) in [6.07, 6.45) is -0.631. The average Bonchev–Trinajstić information content (AvgIpc) is 2.45. The van der Waals surface area contributed by atoms with Crippen molar-refractivity contribution in [3.63, 3.8) is 0 Å². The molecular weight excluding hydrogens is 270 g/mol. The summed E-state index contributed by atoms with van der Waals surface area (Å²) in [5.41, 5.74) is 1.01. The lowest BCUT2D eigenvalue weighted by Gasteiger charge is -2.16. The van der Waals surface area contributed by atoms with Gasteiger partial charge in [-0.05, 0) is 30.7 Å². The van der Waals surface area contributed by atoms with Gasteiger partial charge in [0.15, 0.2) is 0 Å². The van der Waals surface area contributed by atoms with Crippen LogP contribution >= 0.6 is 0 Å². The number of aliphatic hydroxyl groups is 1. The van der Waals surface area contributed by atoms with Crippen molar-refractivity contribution >= 4 is 0 Å². The zero-order valence-corrected chi connectivity index (χ0v) is 13.4. The molecule has 1 atom stereocenters. The molecule has 21 heavy (non-hydrogen) atoms. The number of rotatable bonds is 10. The molecule has 0 amide bonds. The van der Waals surface area contributed by atoms with Crippen molar-refractivity contribution in [1.82, 2.24) is 5.32 Å². The molecule has 2 N–H and O–H groups in total. The Morgan fingerprint density at radius 1 is 1.19 bits per heavy atom. The summed E-state index contributed by atoms with van der Waals surface area (Å²) >= 11 is 0. The highest BCUT2D eigenvalue weighted by Crippen LogP contribution is 2.24. The van der Waals surface area contributed by atoms with Gasteiger partial charge in [0, 0.05) is 19.2 Å². The normalized spacial score (nSPS) is 12.5. The fraction of sp³-hybridized carbons (Fsp3) is 0.625. The molecule has 5 nitrogen and oxygen atoms in total. The molecule has 1 rings (SSSR count). The molecule has 0 aliphatic rings. The first-order valence-corrected chi connectivity index (χ1v) is 7.24. The fourth-order valence-corrected chi connectivity index (χ4v) is 1.88. The van der Waals surface area contributed by atoms with Gasteiger partial charge in [0.25, 0.3) is 0 Å². The van der Waals surface area contributed by atoms with Crippen LogP contribution in [0.1, 0.15) is 19.4 Å².